The molecule has 1 atom stereocenters. The molecule has 0 heterocycles. The molecule has 0 radical (unpaired) electrons. The highest BCUT2D eigenvalue weighted by Crippen LogP contribution is 2.61. The molecule has 0 aromatic carbocycles. The minimum atomic E-state index is -3.25. The van der Waals surface area contributed by atoms with Crippen LogP contribution in [0.15, 0.2) is 5.16 Å². The van der Waals surface area contributed by atoms with Crippen molar-refractivity contribution in [2.45, 2.75) is 54.4 Å². The molecule has 0 fully saturated rings. The van der Waals surface area contributed by atoms with Crippen LogP contribution in [-0.4, -0.2) is 24.9 Å². The van der Waals surface area contributed by atoms with Crippen molar-refractivity contribution in [3.63, 3.8) is 0 Å². The first-order valence-electron chi connectivity index (χ1n) is 7.08. The predicted octanol–water partition coefficient (Wildman–Crippen LogP) is 5.08. The summed E-state index contributed by atoms with van der Waals surface area (Å²) in [5.74, 6) is 1.15. The van der Waals surface area contributed by atoms with Gasteiger partial charge in [0.05, 0.1) is 13.2 Å². The molecule has 0 aromatic rings. The molecule has 0 amide bonds. The largest absolute Gasteiger partial charge is 0.479 e. The van der Waals surface area contributed by atoms with Gasteiger partial charge in [-0.25, -0.2) is 4.57 Å². The first kappa shape index (κ1) is 19.8. The van der Waals surface area contributed by atoms with Crippen LogP contribution in [0.5, 0.6) is 0 Å². The van der Waals surface area contributed by atoms with Crippen LogP contribution in [-0.2, 0) is 18.5 Å². The SMILES string of the molecule is CCCCSP(=O)(OCC)ON=C(OCC)C(C)(C)C. The summed E-state index contributed by atoms with van der Waals surface area (Å²) in [6.45, 7) is 9.18. The van der Waals surface area contributed by atoms with E-state index in [2.05, 4.69) is 12.1 Å². The Kier molecular flexibility index (Phi) is 9.60. The minimum absolute atomic E-state index is 0.304. The van der Waals surface area contributed by atoms with Crippen molar-refractivity contribution in [2.24, 2.45) is 10.6 Å². The van der Waals surface area contributed by atoms with E-state index in [0.29, 0.717) is 19.1 Å². The van der Waals surface area contributed by atoms with Crippen molar-refractivity contribution in [2.75, 3.05) is 19.0 Å². The Hall–Kier alpha value is -0.190. The predicted molar refractivity (Wildman–Crippen MR) is 86.2 cm³/mol. The van der Waals surface area contributed by atoms with Crippen LogP contribution in [0.2, 0.25) is 0 Å². The van der Waals surface area contributed by atoms with E-state index in [1.165, 1.54) is 11.4 Å². The van der Waals surface area contributed by atoms with Crippen molar-refractivity contribution in [3.05, 3.63) is 0 Å². The summed E-state index contributed by atoms with van der Waals surface area (Å²) in [4.78, 5) is 0. The van der Waals surface area contributed by atoms with Gasteiger partial charge in [-0.05, 0) is 36.8 Å². The summed E-state index contributed by atoms with van der Waals surface area (Å²) in [5, 5.41) is 3.94. The molecule has 7 heteroatoms. The lowest BCUT2D eigenvalue weighted by molar-refractivity contribution is 0.208. The van der Waals surface area contributed by atoms with E-state index in [1.54, 1.807) is 6.92 Å². The van der Waals surface area contributed by atoms with Crippen molar-refractivity contribution in [1.82, 2.24) is 0 Å². The Balaban J connectivity index is 4.82. The number of hydrogen-bond donors (Lipinski definition) is 0. The first-order chi connectivity index (χ1) is 9.29. The molecule has 0 aliphatic rings. The second kappa shape index (κ2) is 9.69. The van der Waals surface area contributed by atoms with Gasteiger partial charge in [-0.1, -0.05) is 34.1 Å². The Bertz CT molecular complexity index is 342. The van der Waals surface area contributed by atoms with E-state index >= 15 is 0 Å². The maximum Gasteiger partial charge on any atom is 0.460 e. The van der Waals surface area contributed by atoms with Crippen LogP contribution >= 0.6 is 18.2 Å². The van der Waals surface area contributed by atoms with E-state index in [1.807, 2.05) is 27.7 Å². The highest BCUT2D eigenvalue weighted by atomic mass is 32.7. The van der Waals surface area contributed by atoms with E-state index in [4.69, 9.17) is 13.9 Å². The van der Waals surface area contributed by atoms with Crippen LogP contribution in [0.4, 0.5) is 0 Å². The highest BCUT2D eigenvalue weighted by Gasteiger charge is 2.29. The van der Waals surface area contributed by atoms with Gasteiger partial charge in [0.2, 0.25) is 5.90 Å². The van der Waals surface area contributed by atoms with E-state index in [-0.39, 0.29) is 5.41 Å². The van der Waals surface area contributed by atoms with Crippen molar-refractivity contribution < 1.29 is 18.5 Å². The molecule has 0 N–H and O–H groups in total. The van der Waals surface area contributed by atoms with Gasteiger partial charge >= 0.3 is 6.80 Å². The molecule has 0 spiro atoms. The fourth-order valence-corrected chi connectivity index (χ4v) is 4.31. The maximum absolute atomic E-state index is 12.5. The maximum atomic E-state index is 12.5. The average molecular weight is 325 g/mol. The summed E-state index contributed by atoms with van der Waals surface area (Å²) in [5.41, 5.74) is -0.304. The summed E-state index contributed by atoms with van der Waals surface area (Å²) in [6, 6.07) is 0. The Morgan fingerprint density at radius 1 is 1.20 bits per heavy atom. The third-order valence-electron chi connectivity index (χ3n) is 2.18. The number of unbranched alkanes of at least 4 members (excludes halogenated alkanes) is 1. The molecular formula is C13H28NO4PS. The lowest BCUT2D eigenvalue weighted by atomic mass is 9.97. The standard InChI is InChI=1S/C13H28NO4PS/c1-7-10-11-20-19(15,17-9-3)18-14-12(16-8-2)13(4,5)6/h7-11H2,1-6H3. The van der Waals surface area contributed by atoms with Gasteiger partial charge in [-0.2, -0.15) is 0 Å². The smallest absolute Gasteiger partial charge is 0.460 e. The number of hydrogen-bond acceptors (Lipinski definition) is 6. The summed E-state index contributed by atoms with van der Waals surface area (Å²) >= 11 is 1.19. The van der Waals surface area contributed by atoms with Crippen molar-refractivity contribution >= 4 is 24.1 Å². The molecule has 0 rings (SSSR count). The molecule has 20 heavy (non-hydrogen) atoms. The molecule has 0 saturated heterocycles. The fraction of sp³-hybridized carbons (Fsp3) is 0.923. The van der Waals surface area contributed by atoms with E-state index in [9.17, 15) is 4.57 Å². The van der Waals surface area contributed by atoms with Gasteiger partial charge in [0.25, 0.3) is 0 Å². The average Bonchev–Trinajstić information content (AvgIpc) is 2.34. The molecule has 0 bridgehead atoms. The zero-order chi connectivity index (χ0) is 15.6. The van der Waals surface area contributed by atoms with Crippen LogP contribution in [0, 0.1) is 5.41 Å². The quantitative estimate of drug-likeness (QED) is 0.195. The van der Waals surface area contributed by atoms with Crippen molar-refractivity contribution in [1.29, 1.82) is 0 Å². The zero-order valence-electron chi connectivity index (χ0n) is 13.5. The van der Waals surface area contributed by atoms with Crippen molar-refractivity contribution in [3.8, 4) is 0 Å². The molecule has 120 valence electrons. The zero-order valence-corrected chi connectivity index (χ0v) is 15.2. The first-order valence-corrected chi connectivity index (χ1v) is 10.2. The molecule has 1 unspecified atom stereocenters. The Labute approximate surface area is 127 Å². The highest BCUT2D eigenvalue weighted by molar-refractivity contribution is 8.55. The Morgan fingerprint density at radius 3 is 2.30 bits per heavy atom. The second-order valence-electron chi connectivity index (χ2n) is 5.21. The topological polar surface area (TPSA) is 57.1 Å². The fourth-order valence-electron chi connectivity index (χ4n) is 1.17. The second-order valence-corrected chi connectivity index (χ2v) is 9.31. The number of nitrogens with zero attached hydrogens (tertiary/aromatic N) is 1. The third kappa shape index (κ3) is 8.18. The monoisotopic (exact) mass is 325 g/mol. The van der Waals surface area contributed by atoms with Crippen LogP contribution in [0.25, 0.3) is 0 Å². The van der Waals surface area contributed by atoms with E-state index < -0.39 is 6.80 Å². The summed E-state index contributed by atoms with van der Waals surface area (Å²) in [7, 11) is 0. The van der Waals surface area contributed by atoms with Gasteiger partial charge in [-0.3, -0.25) is 4.52 Å². The van der Waals surface area contributed by atoms with Gasteiger partial charge < -0.3 is 9.36 Å². The van der Waals surface area contributed by atoms with Gasteiger partial charge in [0, 0.05) is 11.2 Å². The summed E-state index contributed by atoms with van der Waals surface area (Å²) in [6.07, 6.45) is 2.00. The van der Waals surface area contributed by atoms with Gasteiger partial charge in [0.1, 0.15) is 0 Å². The number of oxime groups is 1. The van der Waals surface area contributed by atoms with Gasteiger partial charge in [-0.15, -0.1) is 0 Å². The normalized spacial score (nSPS) is 15.8. The van der Waals surface area contributed by atoms with Crippen LogP contribution in [0.3, 0.4) is 0 Å². The number of ether oxygens (including phenoxy) is 1. The molecule has 0 saturated carbocycles. The summed E-state index contributed by atoms with van der Waals surface area (Å²) < 4.78 is 28.4. The van der Waals surface area contributed by atoms with Gasteiger partial charge in [0.15, 0.2) is 0 Å². The minimum Gasteiger partial charge on any atom is -0.479 e. The number of rotatable bonds is 9. The lowest BCUT2D eigenvalue weighted by Gasteiger charge is -2.21. The van der Waals surface area contributed by atoms with Crippen LogP contribution < -0.4 is 0 Å². The van der Waals surface area contributed by atoms with E-state index in [0.717, 1.165) is 18.6 Å². The lowest BCUT2D eigenvalue weighted by Crippen LogP contribution is -2.23. The molecular weight excluding hydrogens is 297 g/mol. The molecule has 5 nitrogen and oxygen atoms in total. The Morgan fingerprint density at radius 2 is 1.85 bits per heavy atom. The molecule has 0 aliphatic carbocycles. The molecule has 0 aliphatic heterocycles. The third-order valence-corrected chi connectivity index (χ3v) is 5.84. The van der Waals surface area contributed by atoms with Crippen LogP contribution in [0.1, 0.15) is 54.4 Å². The molecule has 0 aromatic heterocycles.